The normalized spacial score (nSPS) is 12.9. The minimum atomic E-state index is -0.459. The molecule has 1 unspecified atom stereocenters. The van der Waals surface area contributed by atoms with Gasteiger partial charge < -0.3 is 5.11 Å². The molecule has 2 aromatic heterocycles. The van der Waals surface area contributed by atoms with Crippen LogP contribution in [0.5, 0.6) is 0 Å². The van der Waals surface area contributed by atoms with Crippen LogP contribution in [0.3, 0.4) is 0 Å². The predicted molar refractivity (Wildman–Crippen MR) is 64.5 cm³/mol. The molecule has 0 radical (unpaired) electrons. The number of hydrogen-bond donors (Lipinski definition) is 1. The lowest BCUT2D eigenvalue weighted by atomic mass is 10.2. The summed E-state index contributed by atoms with van der Waals surface area (Å²) in [6.45, 7) is 2.15. The molecule has 0 saturated heterocycles. The zero-order chi connectivity index (χ0) is 10.7. The van der Waals surface area contributed by atoms with Crippen molar-refractivity contribution >= 4 is 22.7 Å². The van der Waals surface area contributed by atoms with Crippen molar-refractivity contribution in [2.45, 2.75) is 25.9 Å². The zero-order valence-corrected chi connectivity index (χ0v) is 10.1. The zero-order valence-electron chi connectivity index (χ0n) is 8.51. The van der Waals surface area contributed by atoms with Crippen molar-refractivity contribution in [2.24, 2.45) is 0 Å². The fraction of sp³-hybridized carbons (Fsp3) is 0.364. The Morgan fingerprint density at radius 2 is 2.20 bits per heavy atom. The number of aliphatic hydroxyl groups excluding tert-OH is 1. The molecule has 0 aliphatic rings. The van der Waals surface area contributed by atoms with Crippen molar-refractivity contribution in [3.8, 4) is 0 Å². The second kappa shape index (κ2) is 4.88. The minimum Gasteiger partial charge on any atom is -0.386 e. The van der Waals surface area contributed by atoms with Crippen molar-refractivity contribution in [1.29, 1.82) is 0 Å². The average Bonchev–Trinajstić information content (AvgIpc) is 2.87. The van der Waals surface area contributed by atoms with E-state index in [1.165, 1.54) is 21.1 Å². The number of aromatic nitrogens is 1. The van der Waals surface area contributed by atoms with Gasteiger partial charge in [0.1, 0.15) is 6.10 Å². The summed E-state index contributed by atoms with van der Waals surface area (Å²) in [6, 6.07) is 4.23. The van der Waals surface area contributed by atoms with E-state index in [4.69, 9.17) is 0 Å². The summed E-state index contributed by atoms with van der Waals surface area (Å²) in [6.07, 6.45) is 1.28. The van der Waals surface area contributed by atoms with E-state index in [-0.39, 0.29) is 0 Å². The lowest BCUT2D eigenvalue weighted by Gasteiger charge is -2.04. The summed E-state index contributed by atoms with van der Waals surface area (Å²) in [5.74, 6) is 0. The van der Waals surface area contributed by atoms with Gasteiger partial charge in [-0.05, 0) is 18.6 Å². The maximum Gasteiger partial charge on any atom is 0.102 e. The van der Waals surface area contributed by atoms with Crippen molar-refractivity contribution in [1.82, 2.24) is 4.98 Å². The topological polar surface area (TPSA) is 33.1 Å². The Balaban J connectivity index is 2.02. The van der Waals surface area contributed by atoms with Crippen LogP contribution in [0.1, 0.15) is 28.5 Å². The van der Waals surface area contributed by atoms with E-state index in [0.29, 0.717) is 6.42 Å². The van der Waals surface area contributed by atoms with Crippen LogP contribution >= 0.6 is 22.7 Å². The highest BCUT2D eigenvalue weighted by Gasteiger charge is 2.11. The highest BCUT2D eigenvalue weighted by atomic mass is 32.1. The highest BCUT2D eigenvalue weighted by Crippen LogP contribution is 2.23. The summed E-state index contributed by atoms with van der Waals surface area (Å²) in [5, 5.41) is 11.8. The van der Waals surface area contributed by atoms with Gasteiger partial charge in [0.25, 0.3) is 0 Å². The molecule has 2 nitrogen and oxygen atoms in total. The lowest BCUT2D eigenvalue weighted by Crippen LogP contribution is -2.00. The van der Waals surface area contributed by atoms with Gasteiger partial charge in [-0.1, -0.05) is 6.92 Å². The quantitative estimate of drug-likeness (QED) is 0.889. The predicted octanol–water partition coefficient (Wildman–Crippen LogP) is 3.04. The first-order chi connectivity index (χ1) is 7.29. The molecule has 1 N–H and O–H groups in total. The molecule has 4 heteroatoms. The van der Waals surface area contributed by atoms with Gasteiger partial charge in [0, 0.05) is 21.6 Å². The fourth-order valence-corrected chi connectivity index (χ4v) is 3.00. The molecule has 0 fully saturated rings. The first-order valence-corrected chi connectivity index (χ1v) is 6.69. The molecular formula is C11H13NOS2. The number of thiophene rings is 1. The molecule has 0 aromatic carbocycles. The number of rotatable bonds is 4. The summed E-state index contributed by atoms with van der Waals surface area (Å²) in [5.41, 5.74) is 2.54. The van der Waals surface area contributed by atoms with E-state index in [0.717, 1.165) is 12.1 Å². The fourth-order valence-electron chi connectivity index (χ4n) is 1.40. The molecule has 15 heavy (non-hydrogen) atoms. The Morgan fingerprint density at radius 3 is 2.80 bits per heavy atom. The number of aryl methyl sites for hydroxylation is 1. The highest BCUT2D eigenvalue weighted by molar-refractivity contribution is 7.12. The number of nitrogens with zero attached hydrogens (tertiary/aromatic N) is 1. The minimum absolute atomic E-state index is 0.459. The Labute approximate surface area is 97.2 Å². The molecule has 0 amide bonds. The summed E-state index contributed by atoms with van der Waals surface area (Å²) < 4.78 is 0. The summed E-state index contributed by atoms with van der Waals surface area (Å²) >= 11 is 3.29. The smallest absolute Gasteiger partial charge is 0.102 e. The van der Waals surface area contributed by atoms with Crippen molar-refractivity contribution in [3.05, 3.63) is 38.5 Å². The first-order valence-electron chi connectivity index (χ1n) is 4.93. The van der Waals surface area contributed by atoms with E-state index in [1.54, 1.807) is 16.8 Å². The molecule has 2 rings (SSSR count). The molecule has 1 atom stereocenters. The van der Waals surface area contributed by atoms with E-state index < -0.39 is 6.10 Å². The van der Waals surface area contributed by atoms with Gasteiger partial charge in [0.15, 0.2) is 0 Å². The van der Waals surface area contributed by atoms with Gasteiger partial charge in [-0.3, -0.25) is 0 Å². The lowest BCUT2D eigenvalue weighted by molar-refractivity contribution is 0.175. The van der Waals surface area contributed by atoms with Crippen molar-refractivity contribution in [2.75, 3.05) is 0 Å². The Hall–Kier alpha value is -0.710. The molecule has 0 aliphatic heterocycles. The third kappa shape index (κ3) is 2.65. The van der Waals surface area contributed by atoms with E-state index in [9.17, 15) is 5.11 Å². The Kier molecular flexibility index (Phi) is 3.51. The number of hydrogen-bond acceptors (Lipinski definition) is 4. The van der Waals surface area contributed by atoms with Gasteiger partial charge in [-0.25, -0.2) is 4.98 Å². The van der Waals surface area contributed by atoms with E-state index in [1.807, 2.05) is 5.38 Å². The van der Waals surface area contributed by atoms with Crippen molar-refractivity contribution < 1.29 is 5.11 Å². The van der Waals surface area contributed by atoms with Crippen LogP contribution in [-0.4, -0.2) is 10.1 Å². The third-order valence-electron chi connectivity index (χ3n) is 2.25. The molecule has 80 valence electrons. The molecule has 0 spiro atoms. The second-order valence-corrected chi connectivity index (χ2v) is 5.33. The molecule has 2 heterocycles. The van der Waals surface area contributed by atoms with E-state index >= 15 is 0 Å². The maximum absolute atomic E-state index is 9.90. The van der Waals surface area contributed by atoms with Crippen LogP contribution in [-0.2, 0) is 12.8 Å². The van der Waals surface area contributed by atoms with Crippen LogP contribution in [0.25, 0.3) is 0 Å². The van der Waals surface area contributed by atoms with Gasteiger partial charge in [0.05, 0.1) is 11.2 Å². The van der Waals surface area contributed by atoms with Crippen molar-refractivity contribution in [3.63, 3.8) is 0 Å². The molecule has 0 aliphatic carbocycles. The molecule has 2 aromatic rings. The monoisotopic (exact) mass is 239 g/mol. The third-order valence-corrected chi connectivity index (χ3v) is 4.11. The molecular weight excluding hydrogens is 226 g/mol. The van der Waals surface area contributed by atoms with E-state index in [2.05, 4.69) is 24.0 Å². The van der Waals surface area contributed by atoms with Gasteiger partial charge in [0.2, 0.25) is 0 Å². The van der Waals surface area contributed by atoms with Gasteiger partial charge >= 0.3 is 0 Å². The van der Waals surface area contributed by atoms with Crippen LogP contribution in [0.4, 0.5) is 0 Å². The Bertz CT molecular complexity index is 408. The summed E-state index contributed by atoms with van der Waals surface area (Å²) in [4.78, 5) is 6.71. The van der Waals surface area contributed by atoms with Crippen LogP contribution in [0.15, 0.2) is 23.0 Å². The van der Waals surface area contributed by atoms with Gasteiger partial charge in [-0.15, -0.1) is 22.7 Å². The second-order valence-electron chi connectivity index (χ2n) is 3.35. The van der Waals surface area contributed by atoms with Gasteiger partial charge in [-0.2, -0.15) is 0 Å². The average molecular weight is 239 g/mol. The molecule has 0 saturated carbocycles. The standard InChI is InChI=1S/C11H13NOS2/c1-2-8-3-4-9(15-8)5-11(13)10-6-14-7-12-10/h3-4,6-7,11,13H,2,5H2,1H3. The van der Waals surface area contributed by atoms with Crippen LogP contribution in [0.2, 0.25) is 0 Å². The SMILES string of the molecule is CCc1ccc(CC(O)c2cscn2)s1. The summed E-state index contributed by atoms with van der Waals surface area (Å²) in [7, 11) is 0. The maximum atomic E-state index is 9.90. The first kappa shape index (κ1) is 10.8. The Morgan fingerprint density at radius 1 is 1.40 bits per heavy atom. The molecule has 0 bridgehead atoms. The number of aliphatic hydroxyl groups is 1. The largest absolute Gasteiger partial charge is 0.386 e. The number of thiazole rings is 1. The van der Waals surface area contributed by atoms with Crippen LogP contribution < -0.4 is 0 Å². The van der Waals surface area contributed by atoms with Crippen LogP contribution in [0, 0.1) is 0 Å².